The molecule has 6 nitrogen and oxygen atoms in total. The lowest BCUT2D eigenvalue weighted by Gasteiger charge is -2.43. The van der Waals surface area contributed by atoms with E-state index in [2.05, 4.69) is 11.0 Å². The molecule has 2 aromatic rings. The highest BCUT2D eigenvalue weighted by atomic mass is 19.2. The highest BCUT2D eigenvalue weighted by molar-refractivity contribution is 5.77. The number of anilines is 1. The molecule has 0 amide bonds. The maximum absolute atomic E-state index is 14.7. The average Bonchev–Trinajstić information content (AvgIpc) is 3.64. The van der Waals surface area contributed by atoms with Gasteiger partial charge >= 0.3 is 0 Å². The van der Waals surface area contributed by atoms with Gasteiger partial charge in [-0.25, -0.2) is 13.8 Å². The smallest absolute Gasteiger partial charge is 0.166 e. The molecule has 2 atom stereocenters. The number of nitrogens with zero attached hydrogens (tertiary/aromatic N) is 4. The van der Waals surface area contributed by atoms with Crippen LogP contribution in [0.1, 0.15) is 48.9 Å². The first-order valence-corrected chi connectivity index (χ1v) is 11.4. The number of aromatic nitrogens is 1. The van der Waals surface area contributed by atoms with Crippen molar-refractivity contribution in [3.63, 3.8) is 0 Å². The lowest BCUT2D eigenvalue weighted by Crippen LogP contribution is -2.56. The van der Waals surface area contributed by atoms with Crippen LogP contribution in [-0.2, 0) is 4.74 Å². The number of halogens is 2. The number of piperazine rings is 1. The molecule has 1 N–H and O–H groups in total. The maximum atomic E-state index is 14.7. The Balaban J connectivity index is 1.71. The van der Waals surface area contributed by atoms with Crippen LogP contribution in [0.5, 0.6) is 0 Å². The van der Waals surface area contributed by atoms with Crippen LogP contribution in [0.4, 0.5) is 14.6 Å². The molecule has 1 aromatic heterocycles. The number of pyridine rings is 1. The molecule has 0 radical (unpaired) electrons. The third-order valence-electron chi connectivity index (χ3n) is 6.69. The van der Waals surface area contributed by atoms with Crippen LogP contribution in [0.3, 0.4) is 0 Å². The molecule has 33 heavy (non-hydrogen) atoms. The Hall–Kier alpha value is -2.60. The molecule has 2 heterocycles. The lowest BCUT2D eigenvalue weighted by molar-refractivity contribution is -0.0420. The van der Waals surface area contributed by atoms with Crippen LogP contribution in [0.2, 0.25) is 0 Å². The zero-order chi connectivity index (χ0) is 23.7. The zero-order valence-electron chi connectivity index (χ0n) is 19.3. The van der Waals surface area contributed by atoms with Gasteiger partial charge in [-0.05, 0) is 38.3 Å². The molecule has 1 aliphatic carbocycles. The van der Waals surface area contributed by atoms with Gasteiger partial charge in [0.05, 0.1) is 11.3 Å². The van der Waals surface area contributed by atoms with Crippen molar-refractivity contribution in [2.45, 2.75) is 51.3 Å². The van der Waals surface area contributed by atoms with Crippen LogP contribution in [0.25, 0.3) is 11.1 Å². The quantitative estimate of drug-likeness (QED) is 0.680. The predicted molar refractivity (Wildman–Crippen MR) is 122 cm³/mol. The van der Waals surface area contributed by atoms with Gasteiger partial charge in [0.2, 0.25) is 0 Å². The standard InChI is InChI=1S/C25H30F2N4O2/c1-15-14-30(10-11-31(15)21(32)9-12-33-3)25-19(13-28)16(2)22(24(29-25)17-7-8-17)18-5-4-6-20(26)23(18)27/h4-6,15,17,21,32H,7-12,14H2,1-3H3/t15-,21?/m1/s1. The number of aliphatic hydroxyl groups excluding tert-OH is 1. The summed E-state index contributed by atoms with van der Waals surface area (Å²) in [5.41, 5.74) is 2.45. The molecular weight excluding hydrogens is 426 g/mol. The fourth-order valence-corrected chi connectivity index (χ4v) is 4.76. The summed E-state index contributed by atoms with van der Waals surface area (Å²) in [6.45, 7) is 6.14. The molecule has 176 valence electrons. The van der Waals surface area contributed by atoms with Gasteiger partial charge in [-0.3, -0.25) is 4.90 Å². The van der Waals surface area contributed by atoms with Crippen LogP contribution < -0.4 is 4.90 Å². The van der Waals surface area contributed by atoms with Crippen LogP contribution in [0.15, 0.2) is 18.2 Å². The second kappa shape index (κ2) is 9.72. The van der Waals surface area contributed by atoms with Gasteiger partial charge < -0.3 is 14.7 Å². The summed E-state index contributed by atoms with van der Waals surface area (Å²) in [6, 6.07) is 6.45. The van der Waals surface area contributed by atoms with Gasteiger partial charge in [-0.15, -0.1) is 0 Å². The summed E-state index contributed by atoms with van der Waals surface area (Å²) >= 11 is 0. The number of nitriles is 1. The summed E-state index contributed by atoms with van der Waals surface area (Å²) in [6.07, 6.45) is 1.82. The van der Waals surface area contributed by atoms with Crippen molar-refractivity contribution in [3.05, 3.63) is 46.7 Å². The summed E-state index contributed by atoms with van der Waals surface area (Å²) < 4.78 is 33.8. The van der Waals surface area contributed by atoms with Crippen LogP contribution >= 0.6 is 0 Å². The molecule has 1 aromatic carbocycles. The summed E-state index contributed by atoms with van der Waals surface area (Å²) in [7, 11) is 1.61. The van der Waals surface area contributed by atoms with Crippen LogP contribution in [-0.4, -0.2) is 60.6 Å². The maximum Gasteiger partial charge on any atom is 0.166 e. The van der Waals surface area contributed by atoms with Crippen molar-refractivity contribution in [2.75, 3.05) is 38.3 Å². The topological polar surface area (TPSA) is 72.6 Å². The number of methoxy groups -OCH3 is 1. The number of ether oxygens (including phenoxy) is 1. The molecule has 2 fully saturated rings. The first-order chi connectivity index (χ1) is 15.9. The summed E-state index contributed by atoms with van der Waals surface area (Å²) in [4.78, 5) is 9.02. The van der Waals surface area contributed by atoms with Gasteiger partial charge in [0, 0.05) is 62.9 Å². The third kappa shape index (κ3) is 4.58. The lowest BCUT2D eigenvalue weighted by atomic mass is 9.93. The van der Waals surface area contributed by atoms with E-state index < -0.39 is 17.9 Å². The number of benzene rings is 1. The largest absolute Gasteiger partial charge is 0.385 e. The second-order valence-electron chi connectivity index (χ2n) is 8.98. The fraction of sp³-hybridized carbons (Fsp3) is 0.520. The van der Waals surface area contributed by atoms with Crippen LogP contribution in [0, 0.1) is 29.9 Å². The Morgan fingerprint density at radius 2 is 2.06 bits per heavy atom. The second-order valence-corrected chi connectivity index (χ2v) is 8.98. The van der Waals surface area contributed by atoms with Gasteiger partial charge in [-0.2, -0.15) is 5.26 Å². The first-order valence-electron chi connectivity index (χ1n) is 11.4. The Kier molecular flexibility index (Phi) is 6.94. The first kappa shape index (κ1) is 23.6. The molecule has 1 unspecified atom stereocenters. The van der Waals surface area contributed by atoms with E-state index in [0.29, 0.717) is 55.2 Å². The minimum Gasteiger partial charge on any atom is -0.385 e. The van der Waals surface area contributed by atoms with E-state index in [-0.39, 0.29) is 17.5 Å². The summed E-state index contributed by atoms with van der Waals surface area (Å²) in [5.74, 6) is -1.04. The van der Waals surface area contributed by atoms with E-state index in [4.69, 9.17) is 9.72 Å². The van der Waals surface area contributed by atoms with Gasteiger partial charge in [0.1, 0.15) is 18.1 Å². The Morgan fingerprint density at radius 1 is 1.30 bits per heavy atom. The number of hydrogen-bond donors (Lipinski definition) is 1. The molecule has 0 spiro atoms. The number of aliphatic hydroxyl groups is 1. The minimum absolute atomic E-state index is 0.0453. The van der Waals surface area contributed by atoms with E-state index in [9.17, 15) is 19.1 Å². The van der Waals surface area contributed by atoms with E-state index >= 15 is 0 Å². The molecule has 1 aliphatic heterocycles. The highest BCUT2D eigenvalue weighted by Crippen LogP contribution is 2.47. The fourth-order valence-electron chi connectivity index (χ4n) is 4.76. The molecule has 1 saturated heterocycles. The third-order valence-corrected chi connectivity index (χ3v) is 6.69. The zero-order valence-corrected chi connectivity index (χ0v) is 19.3. The average molecular weight is 457 g/mol. The summed E-state index contributed by atoms with van der Waals surface area (Å²) in [5, 5.41) is 20.5. The number of hydrogen-bond acceptors (Lipinski definition) is 6. The van der Waals surface area contributed by atoms with Crippen molar-refractivity contribution in [2.24, 2.45) is 0 Å². The van der Waals surface area contributed by atoms with Gasteiger partial charge in [0.25, 0.3) is 0 Å². The Morgan fingerprint density at radius 3 is 2.70 bits per heavy atom. The van der Waals surface area contributed by atoms with E-state index in [0.717, 1.165) is 24.6 Å². The van der Waals surface area contributed by atoms with Crippen molar-refractivity contribution in [3.8, 4) is 17.2 Å². The monoisotopic (exact) mass is 456 g/mol. The molecule has 0 bridgehead atoms. The molecule has 8 heteroatoms. The van der Waals surface area contributed by atoms with Gasteiger partial charge in [0.15, 0.2) is 11.6 Å². The Bertz CT molecular complexity index is 1070. The van der Waals surface area contributed by atoms with Crippen molar-refractivity contribution in [1.82, 2.24) is 9.88 Å². The van der Waals surface area contributed by atoms with Gasteiger partial charge in [-0.1, -0.05) is 12.1 Å². The normalized spacial score (nSPS) is 20.0. The SMILES string of the molecule is COCCC(O)N1CCN(c2nc(C3CC3)c(-c3cccc(F)c3F)c(C)c2C#N)C[C@H]1C. The predicted octanol–water partition coefficient (Wildman–Crippen LogP) is 3.95. The van der Waals surface area contributed by atoms with Crippen molar-refractivity contribution >= 4 is 5.82 Å². The highest BCUT2D eigenvalue weighted by Gasteiger charge is 2.35. The van der Waals surface area contributed by atoms with E-state index in [1.165, 1.54) is 6.07 Å². The molecule has 4 rings (SSSR count). The van der Waals surface area contributed by atoms with E-state index in [1.54, 1.807) is 20.1 Å². The van der Waals surface area contributed by atoms with Crippen molar-refractivity contribution in [1.29, 1.82) is 5.26 Å². The Labute approximate surface area is 193 Å². The molecular formula is C25H30F2N4O2. The molecule has 1 saturated carbocycles. The van der Waals surface area contributed by atoms with Crippen molar-refractivity contribution < 1.29 is 18.6 Å². The molecule has 2 aliphatic rings. The van der Waals surface area contributed by atoms with E-state index in [1.807, 2.05) is 11.8 Å². The number of rotatable bonds is 7. The minimum atomic E-state index is -0.909.